The van der Waals surface area contributed by atoms with Crippen molar-refractivity contribution in [2.24, 2.45) is 11.3 Å². The van der Waals surface area contributed by atoms with E-state index in [0.29, 0.717) is 23.4 Å². The predicted octanol–water partition coefficient (Wildman–Crippen LogP) is 3.74. The van der Waals surface area contributed by atoms with E-state index in [1.807, 2.05) is 6.07 Å². The zero-order valence-corrected chi connectivity index (χ0v) is 11.9. The van der Waals surface area contributed by atoms with E-state index < -0.39 is 0 Å². The van der Waals surface area contributed by atoms with E-state index in [0.717, 1.165) is 32.1 Å². The average molecular weight is 268 g/mol. The molecule has 0 aliphatic heterocycles. The molecular weight excluding hydrogens is 248 g/mol. The third-order valence-corrected chi connectivity index (χ3v) is 5.88. The predicted molar refractivity (Wildman–Crippen MR) is 77.7 cm³/mol. The van der Waals surface area contributed by atoms with Crippen molar-refractivity contribution in [3.8, 4) is 5.75 Å². The van der Waals surface area contributed by atoms with Gasteiger partial charge in [0, 0.05) is 17.8 Å². The van der Waals surface area contributed by atoms with E-state index in [9.17, 15) is 9.90 Å². The van der Waals surface area contributed by atoms with Crippen LogP contribution >= 0.6 is 0 Å². The van der Waals surface area contributed by atoms with Gasteiger partial charge in [-0.2, -0.15) is 0 Å². The number of ketones is 1. The van der Waals surface area contributed by atoms with Gasteiger partial charge in [0.1, 0.15) is 11.5 Å². The van der Waals surface area contributed by atoms with Gasteiger partial charge < -0.3 is 5.11 Å². The van der Waals surface area contributed by atoms with E-state index >= 15 is 0 Å². The summed E-state index contributed by atoms with van der Waals surface area (Å²) in [6.45, 7) is 2.18. The topological polar surface area (TPSA) is 37.3 Å². The molecule has 0 radical (unpaired) electrons. The Morgan fingerprint density at radius 2 is 2.15 bits per heavy atom. The first-order valence-corrected chi connectivity index (χ1v) is 7.64. The number of hydrogen-bond donors (Lipinski definition) is 1. The van der Waals surface area contributed by atoms with Crippen LogP contribution in [0, 0.1) is 11.3 Å². The Labute approximate surface area is 119 Å². The molecule has 2 nitrogen and oxygen atoms in total. The van der Waals surface area contributed by atoms with Crippen LogP contribution < -0.4 is 0 Å². The van der Waals surface area contributed by atoms with Crippen LogP contribution in [0.5, 0.6) is 5.75 Å². The number of carbonyl (C=O) groups is 1. The van der Waals surface area contributed by atoms with Gasteiger partial charge in [-0.25, -0.2) is 0 Å². The van der Waals surface area contributed by atoms with E-state index in [1.165, 1.54) is 16.7 Å². The van der Waals surface area contributed by atoms with Crippen molar-refractivity contribution in [1.29, 1.82) is 0 Å². The van der Waals surface area contributed by atoms with Crippen molar-refractivity contribution in [2.75, 3.05) is 0 Å². The maximum atomic E-state index is 12.2. The van der Waals surface area contributed by atoms with E-state index in [2.05, 4.69) is 19.1 Å². The minimum atomic E-state index is -0.100. The molecule has 0 heterocycles. The van der Waals surface area contributed by atoms with Crippen LogP contribution in [-0.2, 0) is 11.2 Å². The van der Waals surface area contributed by atoms with Gasteiger partial charge in [-0.15, -0.1) is 0 Å². The Morgan fingerprint density at radius 3 is 3.00 bits per heavy atom. The fourth-order valence-corrected chi connectivity index (χ4v) is 4.73. The first kappa shape index (κ1) is 12.2. The Hall–Kier alpha value is -1.57. The molecule has 2 fully saturated rings. The number of phenolic OH excluding ortho intramolecular Hbond substituents is 1. The number of Topliss-reactive ketones (excluding diaryl/α,β-unsaturated/α-hetero) is 1. The zero-order valence-electron chi connectivity index (χ0n) is 11.9. The number of carbonyl (C=O) groups excluding carboxylic acids is 1. The molecule has 1 aromatic carbocycles. The molecule has 3 aliphatic carbocycles. The van der Waals surface area contributed by atoms with E-state index in [-0.39, 0.29) is 5.41 Å². The van der Waals surface area contributed by atoms with Crippen LogP contribution in [0.25, 0.3) is 0 Å². The van der Waals surface area contributed by atoms with Crippen LogP contribution in [0.15, 0.2) is 29.8 Å². The summed E-state index contributed by atoms with van der Waals surface area (Å²) in [5.74, 6) is 1.76. The van der Waals surface area contributed by atoms with Gasteiger partial charge in [-0.1, -0.05) is 24.6 Å². The van der Waals surface area contributed by atoms with Crippen molar-refractivity contribution in [2.45, 2.75) is 44.9 Å². The molecule has 1 aromatic rings. The number of rotatable bonds is 0. The first-order valence-electron chi connectivity index (χ1n) is 7.64. The lowest BCUT2D eigenvalue weighted by atomic mass is 9.60. The molecule has 0 amide bonds. The quantitative estimate of drug-likeness (QED) is 0.728. The lowest BCUT2D eigenvalue weighted by Crippen LogP contribution is -2.37. The maximum absolute atomic E-state index is 12.2. The second-order valence-corrected chi connectivity index (χ2v) is 6.81. The molecule has 0 aromatic heterocycles. The van der Waals surface area contributed by atoms with Crippen molar-refractivity contribution in [3.05, 3.63) is 41.0 Å². The summed E-state index contributed by atoms with van der Waals surface area (Å²) < 4.78 is 0. The number of fused-ring (bicyclic) bond motifs is 5. The Bertz CT molecular complexity index is 628. The second kappa shape index (κ2) is 3.97. The van der Waals surface area contributed by atoms with E-state index in [1.54, 1.807) is 6.07 Å². The highest BCUT2D eigenvalue weighted by atomic mass is 16.3. The zero-order chi connectivity index (χ0) is 13.9. The van der Waals surface area contributed by atoms with Crippen molar-refractivity contribution in [1.82, 2.24) is 0 Å². The summed E-state index contributed by atoms with van der Waals surface area (Å²) in [7, 11) is 0. The SMILES string of the molecule is C[C@]12CC[C@H]3C(=CCc4cc(O)ccc43)[C@H]1CCC2=O. The van der Waals surface area contributed by atoms with Crippen molar-refractivity contribution < 1.29 is 9.90 Å². The Kier molecular flexibility index (Phi) is 2.42. The summed E-state index contributed by atoms with van der Waals surface area (Å²) >= 11 is 0. The number of phenols is 1. The minimum Gasteiger partial charge on any atom is -0.508 e. The normalized spacial score (nSPS) is 35.0. The van der Waals surface area contributed by atoms with Gasteiger partial charge in [-0.05, 0) is 54.9 Å². The van der Waals surface area contributed by atoms with Crippen LogP contribution in [0.1, 0.15) is 49.7 Å². The van der Waals surface area contributed by atoms with Crippen LogP contribution in [-0.4, -0.2) is 10.9 Å². The van der Waals surface area contributed by atoms with Crippen LogP contribution in [0.2, 0.25) is 0 Å². The molecule has 0 unspecified atom stereocenters. The third-order valence-electron chi connectivity index (χ3n) is 5.88. The van der Waals surface area contributed by atoms with Crippen LogP contribution in [0.3, 0.4) is 0 Å². The highest BCUT2D eigenvalue weighted by Crippen LogP contribution is 2.57. The lowest BCUT2D eigenvalue weighted by molar-refractivity contribution is -0.126. The molecule has 1 N–H and O–H groups in total. The monoisotopic (exact) mass is 268 g/mol. The Morgan fingerprint density at radius 1 is 1.30 bits per heavy atom. The molecule has 4 rings (SSSR count). The highest BCUT2D eigenvalue weighted by Gasteiger charge is 2.52. The first-order chi connectivity index (χ1) is 9.59. The van der Waals surface area contributed by atoms with Gasteiger partial charge in [0.15, 0.2) is 0 Å². The van der Waals surface area contributed by atoms with Gasteiger partial charge >= 0.3 is 0 Å². The summed E-state index contributed by atoms with van der Waals surface area (Å²) in [6.07, 6.45) is 7.11. The summed E-state index contributed by atoms with van der Waals surface area (Å²) in [5, 5.41) is 9.64. The summed E-state index contributed by atoms with van der Waals surface area (Å²) in [5.41, 5.74) is 4.03. The molecule has 0 bridgehead atoms. The second-order valence-electron chi connectivity index (χ2n) is 6.81. The summed E-state index contributed by atoms with van der Waals surface area (Å²) in [4.78, 5) is 12.2. The molecule has 3 aliphatic rings. The van der Waals surface area contributed by atoms with Crippen molar-refractivity contribution >= 4 is 5.78 Å². The molecule has 2 saturated carbocycles. The van der Waals surface area contributed by atoms with Gasteiger partial charge in [-0.3, -0.25) is 4.79 Å². The number of benzene rings is 1. The number of allylic oxidation sites excluding steroid dienone is 2. The number of hydrogen-bond acceptors (Lipinski definition) is 2. The van der Waals surface area contributed by atoms with Gasteiger partial charge in [0.2, 0.25) is 0 Å². The fraction of sp³-hybridized carbons (Fsp3) is 0.500. The standard InChI is InChI=1S/C18H20O2/c1-18-9-8-14-13-5-3-12(19)10-11(13)2-4-15(14)16(18)6-7-17(18)20/h3-5,10,14,16,19H,2,6-9H2,1H3/t14-,16-,18+/m1/s1. The molecule has 2 heteroatoms. The smallest absolute Gasteiger partial charge is 0.139 e. The largest absolute Gasteiger partial charge is 0.508 e. The van der Waals surface area contributed by atoms with E-state index in [4.69, 9.17) is 0 Å². The number of aromatic hydroxyl groups is 1. The Balaban J connectivity index is 1.77. The lowest BCUT2D eigenvalue weighted by Gasteiger charge is -2.43. The minimum absolute atomic E-state index is 0.100. The molecule has 3 atom stereocenters. The fourth-order valence-electron chi connectivity index (χ4n) is 4.73. The maximum Gasteiger partial charge on any atom is 0.139 e. The average Bonchev–Trinajstić information content (AvgIpc) is 2.74. The van der Waals surface area contributed by atoms with Crippen molar-refractivity contribution in [3.63, 3.8) is 0 Å². The van der Waals surface area contributed by atoms with Gasteiger partial charge in [0.05, 0.1) is 0 Å². The molecule has 20 heavy (non-hydrogen) atoms. The highest BCUT2D eigenvalue weighted by molar-refractivity contribution is 5.88. The molecule has 0 saturated heterocycles. The third kappa shape index (κ3) is 1.48. The van der Waals surface area contributed by atoms with Gasteiger partial charge in [0.25, 0.3) is 0 Å². The molecule has 104 valence electrons. The summed E-state index contributed by atoms with van der Waals surface area (Å²) in [6, 6.07) is 5.79. The molecule has 0 spiro atoms. The molecular formula is C18H20O2. The van der Waals surface area contributed by atoms with Crippen LogP contribution in [0.4, 0.5) is 0 Å².